The van der Waals surface area contributed by atoms with E-state index < -0.39 is 0 Å². The first-order valence-corrected chi connectivity index (χ1v) is 9.98. The van der Waals surface area contributed by atoms with Crippen molar-refractivity contribution in [1.82, 2.24) is 0 Å². The maximum Gasteiger partial charge on any atom is 0.155 e. The molecule has 0 amide bonds. The summed E-state index contributed by atoms with van der Waals surface area (Å²) in [6.45, 7) is 4.38. The molecular weight excluding hydrogens is 284 g/mol. The zero-order chi connectivity index (χ0) is 16.2. The lowest BCUT2D eigenvalue weighted by molar-refractivity contribution is -0.116. The Kier molecular flexibility index (Phi) is 3.95. The van der Waals surface area contributed by atoms with Crippen LogP contribution in [-0.2, 0) is 4.79 Å². The molecule has 4 aliphatic carbocycles. The Balaban J connectivity index is 1.63. The molecule has 0 aromatic heterocycles. The molecule has 2 nitrogen and oxygen atoms in total. The van der Waals surface area contributed by atoms with Crippen LogP contribution in [0.3, 0.4) is 0 Å². The SMILES string of the molecule is CC[C@]12CC[C@H]3[C@@H](CCC4=CC(=O)CC[C@@H]43)[C@H]1CC[C@@H]2[C@H](C)O. The van der Waals surface area contributed by atoms with Crippen molar-refractivity contribution in [1.29, 1.82) is 0 Å². The smallest absolute Gasteiger partial charge is 0.155 e. The van der Waals surface area contributed by atoms with Crippen LogP contribution >= 0.6 is 0 Å². The minimum absolute atomic E-state index is 0.150. The Hall–Kier alpha value is -0.630. The standard InChI is InChI=1S/C21H32O2/c1-3-21-11-10-17-16-7-5-15(23)12-14(16)4-6-18(17)20(21)9-8-19(21)13(2)22/h12-13,16-20,22H,3-11H2,1-2H3/t13-,16-,17+,18+,19+,20+,21+/m0/s1. The first kappa shape index (κ1) is 15.9. The van der Waals surface area contributed by atoms with Gasteiger partial charge in [0.05, 0.1) is 6.10 Å². The molecule has 4 rings (SSSR count). The summed E-state index contributed by atoms with van der Waals surface area (Å²) in [7, 11) is 0. The minimum Gasteiger partial charge on any atom is -0.393 e. The number of carbonyl (C=O) groups excluding carboxylic acids is 1. The van der Waals surface area contributed by atoms with Gasteiger partial charge >= 0.3 is 0 Å². The molecule has 23 heavy (non-hydrogen) atoms. The monoisotopic (exact) mass is 316 g/mol. The number of allylic oxidation sites excluding steroid dienone is 1. The van der Waals surface area contributed by atoms with Gasteiger partial charge in [0.1, 0.15) is 0 Å². The number of fused-ring (bicyclic) bond motifs is 5. The summed E-state index contributed by atoms with van der Waals surface area (Å²) in [5.74, 6) is 4.08. The molecule has 0 radical (unpaired) electrons. The average Bonchev–Trinajstić information content (AvgIpc) is 2.94. The largest absolute Gasteiger partial charge is 0.393 e. The summed E-state index contributed by atoms with van der Waals surface area (Å²) >= 11 is 0. The quantitative estimate of drug-likeness (QED) is 0.813. The fraction of sp³-hybridized carbons (Fsp3) is 0.857. The second-order valence-corrected chi connectivity index (χ2v) is 8.85. The van der Waals surface area contributed by atoms with E-state index in [4.69, 9.17) is 0 Å². The van der Waals surface area contributed by atoms with Gasteiger partial charge in [0.25, 0.3) is 0 Å². The molecule has 2 heteroatoms. The van der Waals surface area contributed by atoms with Gasteiger partial charge in [-0.05, 0) is 99.4 Å². The van der Waals surface area contributed by atoms with Crippen LogP contribution in [-0.4, -0.2) is 17.0 Å². The molecule has 0 saturated heterocycles. The van der Waals surface area contributed by atoms with E-state index in [1.165, 1.54) is 44.1 Å². The number of carbonyl (C=O) groups is 1. The molecule has 0 unspecified atom stereocenters. The van der Waals surface area contributed by atoms with Crippen molar-refractivity contribution < 1.29 is 9.90 Å². The van der Waals surface area contributed by atoms with Crippen molar-refractivity contribution in [2.45, 2.75) is 77.7 Å². The molecule has 0 heterocycles. The number of hydrogen-bond donors (Lipinski definition) is 1. The van der Waals surface area contributed by atoms with Gasteiger partial charge in [-0.2, -0.15) is 0 Å². The summed E-state index contributed by atoms with van der Waals surface area (Å²) in [5, 5.41) is 10.4. The van der Waals surface area contributed by atoms with Crippen molar-refractivity contribution in [2.24, 2.45) is 35.0 Å². The van der Waals surface area contributed by atoms with Gasteiger partial charge in [0.2, 0.25) is 0 Å². The minimum atomic E-state index is -0.150. The Morgan fingerprint density at radius 3 is 2.74 bits per heavy atom. The van der Waals surface area contributed by atoms with E-state index in [0.29, 0.717) is 23.0 Å². The molecule has 1 N–H and O–H groups in total. The molecule has 0 aliphatic heterocycles. The Labute approximate surface area is 140 Å². The van der Waals surface area contributed by atoms with Crippen molar-refractivity contribution in [3.05, 3.63) is 11.6 Å². The van der Waals surface area contributed by atoms with Crippen LogP contribution in [0.15, 0.2) is 11.6 Å². The predicted octanol–water partition coefficient (Wildman–Crippen LogP) is 4.52. The second kappa shape index (κ2) is 5.72. The third kappa shape index (κ3) is 2.27. The maximum absolute atomic E-state index is 11.8. The van der Waals surface area contributed by atoms with Crippen LogP contribution in [0.25, 0.3) is 0 Å². The van der Waals surface area contributed by atoms with Gasteiger partial charge in [-0.15, -0.1) is 0 Å². The fourth-order valence-corrected chi connectivity index (χ4v) is 7.45. The first-order chi connectivity index (χ1) is 11.1. The van der Waals surface area contributed by atoms with Crippen LogP contribution in [0.5, 0.6) is 0 Å². The molecule has 3 fully saturated rings. The lowest BCUT2D eigenvalue weighted by Gasteiger charge is -2.55. The Morgan fingerprint density at radius 1 is 1.17 bits per heavy atom. The molecule has 0 bridgehead atoms. The van der Waals surface area contributed by atoms with Gasteiger partial charge in [-0.1, -0.05) is 12.5 Å². The Morgan fingerprint density at radius 2 is 2.00 bits per heavy atom. The lowest BCUT2D eigenvalue weighted by Crippen LogP contribution is -2.48. The molecule has 7 atom stereocenters. The number of hydrogen-bond acceptors (Lipinski definition) is 2. The molecule has 0 aromatic rings. The third-order valence-electron chi connectivity index (χ3n) is 8.32. The summed E-state index contributed by atoms with van der Waals surface area (Å²) in [6, 6.07) is 0. The van der Waals surface area contributed by atoms with Crippen LogP contribution in [0.2, 0.25) is 0 Å². The van der Waals surface area contributed by atoms with Crippen molar-refractivity contribution in [2.75, 3.05) is 0 Å². The normalized spacial score (nSPS) is 47.3. The molecule has 128 valence electrons. The van der Waals surface area contributed by atoms with E-state index in [1.54, 1.807) is 0 Å². The average molecular weight is 316 g/mol. The first-order valence-electron chi connectivity index (χ1n) is 9.98. The molecular formula is C21H32O2. The lowest BCUT2D eigenvalue weighted by atomic mass is 9.50. The van der Waals surface area contributed by atoms with Gasteiger partial charge in [0.15, 0.2) is 5.78 Å². The summed E-state index contributed by atoms with van der Waals surface area (Å²) in [4.78, 5) is 11.8. The van der Waals surface area contributed by atoms with Crippen molar-refractivity contribution >= 4 is 5.78 Å². The molecule has 0 spiro atoms. The molecule has 4 aliphatic rings. The van der Waals surface area contributed by atoms with Crippen LogP contribution in [0.4, 0.5) is 0 Å². The summed E-state index contributed by atoms with van der Waals surface area (Å²) in [5.41, 5.74) is 1.89. The van der Waals surface area contributed by atoms with Crippen LogP contribution in [0.1, 0.15) is 71.6 Å². The highest BCUT2D eigenvalue weighted by Gasteiger charge is 2.58. The van der Waals surface area contributed by atoms with Gasteiger partial charge in [-0.25, -0.2) is 0 Å². The van der Waals surface area contributed by atoms with E-state index in [1.807, 2.05) is 13.0 Å². The van der Waals surface area contributed by atoms with E-state index in [2.05, 4.69) is 6.92 Å². The van der Waals surface area contributed by atoms with Gasteiger partial charge in [0, 0.05) is 6.42 Å². The zero-order valence-corrected chi connectivity index (χ0v) is 14.8. The topological polar surface area (TPSA) is 37.3 Å². The van der Waals surface area contributed by atoms with Crippen molar-refractivity contribution in [3.8, 4) is 0 Å². The van der Waals surface area contributed by atoms with Gasteiger partial charge in [-0.3, -0.25) is 4.79 Å². The van der Waals surface area contributed by atoms with Crippen molar-refractivity contribution in [3.63, 3.8) is 0 Å². The van der Waals surface area contributed by atoms with E-state index in [0.717, 1.165) is 37.0 Å². The summed E-state index contributed by atoms with van der Waals surface area (Å²) < 4.78 is 0. The highest BCUT2D eigenvalue weighted by atomic mass is 16.3. The summed E-state index contributed by atoms with van der Waals surface area (Å²) in [6.07, 6.45) is 12.6. The van der Waals surface area contributed by atoms with E-state index >= 15 is 0 Å². The van der Waals surface area contributed by atoms with Crippen LogP contribution < -0.4 is 0 Å². The maximum atomic E-state index is 11.8. The Bertz CT molecular complexity index is 520. The van der Waals surface area contributed by atoms with E-state index in [9.17, 15) is 9.90 Å². The van der Waals surface area contributed by atoms with Crippen LogP contribution in [0, 0.1) is 35.0 Å². The predicted molar refractivity (Wildman–Crippen MR) is 91.9 cm³/mol. The number of aliphatic hydroxyl groups is 1. The second-order valence-electron chi connectivity index (χ2n) is 8.85. The van der Waals surface area contributed by atoms with Gasteiger partial charge < -0.3 is 5.11 Å². The number of ketones is 1. The third-order valence-corrected chi connectivity index (χ3v) is 8.32. The highest BCUT2D eigenvalue weighted by molar-refractivity contribution is 5.91. The zero-order valence-electron chi connectivity index (χ0n) is 14.8. The highest BCUT2D eigenvalue weighted by Crippen LogP contribution is 2.65. The van der Waals surface area contributed by atoms with E-state index in [-0.39, 0.29) is 6.10 Å². The fourth-order valence-electron chi connectivity index (χ4n) is 7.45. The number of rotatable bonds is 2. The number of aliphatic hydroxyl groups excluding tert-OH is 1. The molecule has 0 aromatic carbocycles. The molecule has 3 saturated carbocycles.